The Balaban J connectivity index is 1.57. The molecule has 1 aliphatic carbocycles. The quantitative estimate of drug-likeness (QED) is 0.509. The molecule has 0 unspecified atom stereocenters. The van der Waals surface area contributed by atoms with Crippen molar-refractivity contribution in [1.82, 2.24) is 4.90 Å². The van der Waals surface area contributed by atoms with Gasteiger partial charge in [0.2, 0.25) is 0 Å². The zero-order chi connectivity index (χ0) is 20.6. The van der Waals surface area contributed by atoms with Crippen molar-refractivity contribution in [3.8, 4) is 5.75 Å². The highest BCUT2D eigenvalue weighted by Crippen LogP contribution is 2.24. The van der Waals surface area contributed by atoms with Gasteiger partial charge in [-0.3, -0.25) is 4.79 Å². The SMILES string of the molecule is CN(C(=O)c1ccccc1C(=O)OCCOc1ccc(F)cc1)C1CCCCC1. The highest BCUT2D eigenvalue weighted by molar-refractivity contribution is 6.05. The molecule has 5 nitrogen and oxygen atoms in total. The zero-order valence-corrected chi connectivity index (χ0v) is 16.6. The molecule has 1 saturated carbocycles. The third-order valence-electron chi connectivity index (χ3n) is 5.22. The summed E-state index contributed by atoms with van der Waals surface area (Å²) in [6, 6.07) is 12.5. The average Bonchev–Trinajstić information content (AvgIpc) is 2.77. The van der Waals surface area contributed by atoms with Crippen molar-refractivity contribution in [1.29, 1.82) is 0 Å². The molecule has 1 aliphatic rings. The standard InChI is InChI=1S/C23H26FNO4/c1-25(18-7-3-2-4-8-18)22(26)20-9-5-6-10-21(20)23(27)29-16-15-28-19-13-11-17(24)12-14-19/h5-6,9-14,18H,2-4,7-8,15-16H2,1H3. The van der Waals surface area contributed by atoms with E-state index < -0.39 is 5.97 Å². The van der Waals surface area contributed by atoms with Crippen LogP contribution in [0.5, 0.6) is 5.75 Å². The Morgan fingerprint density at radius 2 is 1.62 bits per heavy atom. The van der Waals surface area contributed by atoms with Crippen LogP contribution in [0.4, 0.5) is 4.39 Å². The maximum atomic E-state index is 13.0. The zero-order valence-electron chi connectivity index (χ0n) is 16.6. The van der Waals surface area contributed by atoms with E-state index >= 15 is 0 Å². The summed E-state index contributed by atoms with van der Waals surface area (Å²) in [5.74, 6) is -0.573. The molecular weight excluding hydrogens is 373 g/mol. The molecule has 0 atom stereocenters. The Hall–Kier alpha value is -2.89. The summed E-state index contributed by atoms with van der Waals surface area (Å²) >= 11 is 0. The molecule has 3 rings (SSSR count). The number of halogens is 1. The van der Waals surface area contributed by atoms with Crippen LogP contribution in [0.2, 0.25) is 0 Å². The molecule has 29 heavy (non-hydrogen) atoms. The molecule has 6 heteroatoms. The fourth-order valence-electron chi connectivity index (χ4n) is 3.57. The highest BCUT2D eigenvalue weighted by Gasteiger charge is 2.26. The van der Waals surface area contributed by atoms with Crippen LogP contribution in [0, 0.1) is 5.82 Å². The van der Waals surface area contributed by atoms with Gasteiger partial charge in [0, 0.05) is 13.1 Å². The molecule has 0 N–H and O–H groups in total. The van der Waals surface area contributed by atoms with E-state index in [4.69, 9.17) is 9.47 Å². The molecule has 0 spiro atoms. The number of hydrogen-bond donors (Lipinski definition) is 0. The van der Waals surface area contributed by atoms with Gasteiger partial charge in [-0.15, -0.1) is 0 Å². The van der Waals surface area contributed by atoms with Gasteiger partial charge >= 0.3 is 5.97 Å². The minimum Gasteiger partial charge on any atom is -0.490 e. The summed E-state index contributed by atoms with van der Waals surface area (Å²) in [5, 5.41) is 0. The summed E-state index contributed by atoms with van der Waals surface area (Å²) in [4.78, 5) is 27.3. The van der Waals surface area contributed by atoms with Crippen LogP contribution in [0.3, 0.4) is 0 Å². The molecule has 0 radical (unpaired) electrons. The molecule has 154 valence electrons. The van der Waals surface area contributed by atoms with Crippen LogP contribution in [-0.4, -0.2) is 43.1 Å². The van der Waals surface area contributed by atoms with E-state index in [0.29, 0.717) is 11.3 Å². The number of benzene rings is 2. The first kappa shape index (κ1) is 20.8. The molecule has 1 fully saturated rings. The third-order valence-corrected chi connectivity index (χ3v) is 5.22. The fourth-order valence-corrected chi connectivity index (χ4v) is 3.57. The highest BCUT2D eigenvalue weighted by atomic mass is 19.1. The molecule has 2 aromatic carbocycles. The largest absolute Gasteiger partial charge is 0.490 e. The van der Waals surface area contributed by atoms with Gasteiger partial charge in [-0.2, -0.15) is 0 Å². The molecule has 0 heterocycles. The summed E-state index contributed by atoms with van der Waals surface area (Å²) in [6.45, 7) is 0.159. The number of esters is 1. The number of carbonyl (C=O) groups excluding carboxylic acids is 2. The molecule has 0 bridgehead atoms. The number of amides is 1. The van der Waals surface area contributed by atoms with E-state index in [-0.39, 0.29) is 36.5 Å². The maximum absolute atomic E-state index is 13.0. The summed E-state index contributed by atoms with van der Waals surface area (Å²) < 4.78 is 23.6. The monoisotopic (exact) mass is 399 g/mol. The number of ether oxygens (including phenoxy) is 2. The second-order valence-electron chi connectivity index (χ2n) is 7.19. The van der Waals surface area contributed by atoms with E-state index in [1.54, 1.807) is 36.2 Å². The Bertz CT molecular complexity index is 831. The van der Waals surface area contributed by atoms with Gasteiger partial charge < -0.3 is 14.4 Å². The van der Waals surface area contributed by atoms with Gasteiger partial charge in [-0.05, 0) is 49.2 Å². The van der Waals surface area contributed by atoms with Crippen LogP contribution >= 0.6 is 0 Å². The minimum atomic E-state index is -0.561. The Morgan fingerprint density at radius 1 is 0.966 bits per heavy atom. The van der Waals surface area contributed by atoms with Crippen LogP contribution < -0.4 is 4.74 Å². The van der Waals surface area contributed by atoms with E-state index in [0.717, 1.165) is 25.7 Å². The molecular formula is C23H26FNO4. The van der Waals surface area contributed by atoms with E-state index in [1.807, 2.05) is 0 Å². The normalized spacial score (nSPS) is 14.3. The van der Waals surface area contributed by atoms with Crippen LogP contribution in [0.1, 0.15) is 52.8 Å². The Kier molecular flexibility index (Phi) is 7.22. The van der Waals surface area contributed by atoms with Crippen molar-refractivity contribution in [2.75, 3.05) is 20.3 Å². The van der Waals surface area contributed by atoms with Gasteiger partial charge in [-0.25, -0.2) is 9.18 Å². The van der Waals surface area contributed by atoms with Crippen molar-refractivity contribution in [2.45, 2.75) is 38.1 Å². The van der Waals surface area contributed by atoms with Crippen molar-refractivity contribution >= 4 is 11.9 Å². The second kappa shape index (κ2) is 10.0. The van der Waals surface area contributed by atoms with Crippen molar-refractivity contribution in [2.24, 2.45) is 0 Å². The molecule has 1 amide bonds. The Labute approximate surface area is 170 Å². The lowest BCUT2D eigenvalue weighted by Crippen LogP contribution is -2.39. The summed E-state index contributed by atoms with van der Waals surface area (Å²) in [5.41, 5.74) is 0.604. The third kappa shape index (κ3) is 5.56. The first-order valence-corrected chi connectivity index (χ1v) is 9.98. The van der Waals surface area contributed by atoms with Gasteiger partial charge in [0.25, 0.3) is 5.91 Å². The minimum absolute atomic E-state index is 0.0250. The number of hydrogen-bond acceptors (Lipinski definition) is 4. The van der Waals surface area contributed by atoms with Gasteiger partial charge in [-0.1, -0.05) is 31.4 Å². The van der Waals surface area contributed by atoms with Gasteiger partial charge in [0.1, 0.15) is 24.8 Å². The molecule has 0 aromatic heterocycles. The van der Waals surface area contributed by atoms with Gasteiger partial charge in [0.05, 0.1) is 11.1 Å². The topological polar surface area (TPSA) is 55.8 Å². The van der Waals surface area contributed by atoms with Crippen molar-refractivity contribution in [3.05, 3.63) is 65.5 Å². The number of carbonyl (C=O) groups is 2. The molecule has 2 aromatic rings. The molecule has 0 saturated heterocycles. The van der Waals surface area contributed by atoms with E-state index in [1.165, 1.54) is 30.7 Å². The number of nitrogens with zero attached hydrogens (tertiary/aromatic N) is 1. The number of rotatable bonds is 7. The van der Waals surface area contributed by atoms with Crippen LogP contribution in [-0.2, 0) is 4.74 Å². The smallest absolute Gasteiger partial charge is 0.339 e. The van der Waals surface area contributed by atoms with Crippen molar-refractivity contribution < 1.29 is 23.5 Å². The van der Waals surface area contributed by atoms with Crippen LogP contribution in [0.25, 0.3) is 0 Å². The lowest BCUT2D eigenvalue weighted by atomic mass is 9.94. The van der Waals surface area contributed by atoms with Crippen molar-refractivity contribution in [3.63, 3.8) is 0 Å². The van der Waals surface area contributed by atoms with Gasteiger partial charge in [0.15, 0.2) is 0 Å². The average molecular weight is 399 g/mol. The first-order chi connectivity index (χ1) is 14.1. The Morgan fingerprint density at radius 3 is 2.31 bits per heavy atom. The van der Waals surface area contributed by atoms with E-state index in [9.17, 15) is 14.0 Å². The lowest BCUT2D eigenvalue weighted by Gasteiger charge is -2.31. The first-order valence-electron chi connectivity index (χ1n) is 9.98. The maximum Gasteiger partial charge on any atom is 0.339 e. The predicted molar refractivity (Wildman–Crippen MR) is 108 cm³/mol. The molecule has 0 aliphatic heterocycles. The second-order valence-corrected chi connectivity index (χ2v) is 7.19. The van der Waals surface area contributed by atoms with Crippen LogP contribution in [0.15, 0.2) is 48.5 Å². The lowest BCUT2D eigenvalue weighted by molar-refractivity contribution is 0.0443. The summed E-state index contributed by atoms with van der Waals surface area (Å²) in [7, 11) is 1.80. The predicted octanol–water partition coefficient (Wildman–Crippen LogP) is 4.47. The fraction of sp³-hybridized carbons (Fsp3) is 0.391. The van der Waals surface area contributed by atoms with E-state index in [2.05, 4.69) is 0 Å². The summed E-state index contributed by atoms with van der Waals surface area (Å²) in [6.07, 6.45) is 5.45.